The van der Waals surface area contributed by atoms with Crippen LogP contribution in [0.5, 0.6) is 5.75 Å². The first-order valence-electron chi connectivity index (χ1n) is 6.27. The van der Waals surface area contributed by atoms with Gasteiger partial charge in [0.2, 0.25) is 0 Å². The van der Waals surface area contributed by atoms with Crippen LogP contribution in [0.25, 0.3) is 0 Å². The number of hydrogen-bond donors (Lipinski definition) is 3. The van der Waals surface area contributed by atoms with Gasteiger partial charge in [-0.3, -0.25) is 4.98 Å². The summed E-state index contributed by atoms with van der Waals surface area (Å²) < 4.78 is 13.2. The number of anilines is 1. The summed E-state index contributed by atoms with van der Waals surface area (Å²) in [5.41, 5.74) is 1.98. The van der Waals surface area contributed by atoms with Crippen molar-refractivity contribution in [2.45, 2.75) is 20.1 Å². The molecule has 1 heterocycles. The minimum atomic E-state index is -0.582. The lowest BCUT2D eigenvalue weighted by Gasteiger charge is -2.13. The fourth-order valence-electron chi connectivity index (χ4n) is 1.93. The largest absolute Gasteiger partial charge is 0.506 e. The van der Waals surface area contributed by atoms with Gasteiger partial charge in [-0.25, -0.2) is 4.39 Å². The maximum absolute atomic E-state index is 13.2. The Morgan fingerprint density at radius 1 is 1.43 bits per heavy atom. The van der Waals surface area contributed by atoms with Gasteiger partial charge in [0, 0.05) is 29.6 Å². The Balaban J connectivity index is 2.24. The van der Waals surface area contributed by atoms with Crippen molar-refractivity contribution in [2.75, 3.05) is 5.32 Å². The molecule has 0 radical (unpaired) electrons. The minimum absolute atomic E-state index is 0.0108. The molecule has 0 fully saturated rings. The standard InChI is InChI=1S/C15H14FN3O2/c1-9-15(21)13(11(8-20)6-18-9)7-19-12-2-3-14(16)10(4-12)5-17/h2-4,6,19-21H,7-8H2,1H3. The molecule has 108 valence electrons. The first kappa shape index (κ1) is 14.8. The van der Waals surface area contributed by atoms with E-state index in [1.807, 2.05) is 0 Å². The molecule has 0 amide bonds. The van der Waals surface area contributed by atoms with E-state index in [-0.39, 0.29) is 24.5 Å². The summed E-state index contributed by atoms with van der Waals surface area (Å²) in [6.07, 6.45) is 1.50. The van der Waals surface area contributed by atoms with Crippen LogP contribution in [0.15, 0.2) is 24.4 Å². The molecule has 2 rings (SSSR count). The Bertz CT molecular complexity index is 711. The van der Waals surface area contributed by atoms with E-state index in [0.717, 1.165) is 0 Å². The van der Waals surface area contributed by atoms with Crippen LogP contribution in [0.2, 0.25) is 0 Å². The third-order valence-electron chi connectivity index (χ3n) is 3.16. The van der Waals surface area contributed by atoms with Gasteiger partial charge in [0.25, 0.3) is 0 Å². The highest BCUT2D eigenvalue weighted by Crippen LogP contribution is 2.25. The van der Waals surface area contributed by atoms with E-state index in [9.17, 15) is 14.6 Å². The number of aromatic hydroxyl groups is 1. The van der Waals surface area contributed by atoms with Crippen LogP contribution in [0, 0.1) is 24.1 Å². The average Bonchev–Trinajstić information content (AvgIpc) is 2.50. The number of halogens is 1. The van der Waals surface area contributed by atoms with Crippen molar-refractivity contribution in [3.05, 3.63) is 52.6 Å². The topological polar surface area (TPSA) is 89.2 Å². The zero-order valence-corrected chi connectivity index (χ0v) is 11.4. The molecule has 0 spiro atoms. The van der Waals surface area contributed by atoms with Crippen LogP contribution in [0.1, 0.15) is 22.4 Å². The molecular formula is C15H14FN3O2. The molecule has 0 saturated heterocycles. The number of aliphatic hydroxyl groups excluding tert-OH is 1. The first-order chi connectivity index (χ1) is 10.1. The number of pyridine rings is 1. The smallest absolute Gasteiger partial charge is 0.142 e. The lowest BCUT2D eigenvalue weighted by molar-refractivity contribution is 0.279. The normalized spacial score (nSPS) is 10.2. The molecule has 0 bridgehead atoms. The van der Waals surface area contributed by atoms with Crippen LogP contribution in [-0.2, 0) is 13.2 Å². The number of aliphatic hydroxyl groups is 1. The van der Waals surface area contributed by atoms with Crippen molar-refractivity contribution in [3.8, 4) is 11.8 Å². The highest BCUT2D eigenvalue weighted by molar-refractivity contribution is 5.51. The van der Waals surface area contributed by atoms with Gasteiger partial charge in [-0.2, -0.15) is 5.26 Å². The highest BCUT2D eigenvalue weighted by Gasteiger charge is 2.11. The van der Waals surface area contributed by atoms with Crippen molar-refractivity contribution in [1.82, 2.24) is 4.98 Å². The van der Waals surface area contributed by atoms with Gasteiger partial charge >= 0.3 is 0 Å². The molecule has 0 unspecified atom stereocenters. The summed E-state index contributed by atoms with van der Waals surface area (Å²) >= 11 is 0. The Labute approximate surface area is 121 Å². The molecule has 5 nitrogen and oxygen atoms in total. The summed E-state index contributed by atoms with van der Waals surface area (Å²) in [6, 6.07) is 5.85. The number of nitrogens with zero attached hydrogens (tertiary/aromatic N) is 2. The predicted molar refractivity (Wildman–Crippen MR) is 75.0 cm³/mol. The number of aromatic nitrogens is 1. The Hall–Kier alpha value is -2.65. The first-order valence-corrected chi connectivity index (χ1v) is 6.27. The number of benzene rings is 1. The summed E-state index contributed by atoms with van der Waals surface area (Å²) in [7, 11) is 0. The van der Waals surface area contributed by atoms with Gasteiger partial charge in [-0.1, -0.05) is 0 Å². The Morgan fingerprint density at radius 3 is 2.86 bits per heavy atom. The van der Waals surface area contributed by atoms with Gasteiger partial charge < -0.3 is 15.5 Å². The number of hydrogen-bond acceptors (Lipinski definition) is 5. The number of nitriles is 1. The lowest BCUT2D eigenvalue weighted by atomic mass is 10.1. The summed E-state index contributed by atoms with van der Waals surface area (Å²) in [5.74, 6) is -0.571. The van der Waals surface area contributed by atoms with E-state index in [4.69, 9.17) is 5.26 Å². The van der Waals surface area contributed by atoms with Crippen LogP contribution >= 0.6 is 0 Å². The summed E-state index contributed by atoms with van der Waals surface area (Å²) in [5, 5.41) is 31.1. The molecule has 0 atom stereocenters. The van der Waals surface area contributed by atoms with E-state index in [1.165, 1.54) is 24.4 Å². The van der Waals surface area contributed by atoms with Crippen molar-refractivity contribution < 1.29 is 14.6 Å². The molecule has 3 N–H and O–H groups in total. The van der Waals surface area contributed by atoms with Crippen molar-refractivity contribution in [2.24, 2.45) is 0 Å². The third kappa shape index (κ3) is 3.09. The molecule has 2 aromatic rings. The van der Waals surface area contributed by atoms with Crippen molar-refractivity contribution in [3.63, 3.8) is 0 Å². The quantitative estimate of drug-likeness (QED) is 0.802. The second-order valence-corrected chi connectivity index (χ2v) is 4.51. The Kier molecular flexibility index (Phi) is 4.36. The molecule has 0 aliphatic carbocycles. The van der Waals surface area contributed by atoms with Crippen LogP contribution in [-0.4, -0.2) is 15.2 Å². The maximum Gasteiger partial charge on any atom is 0.142 e. The third-order valence-corrected chi connectivity index (χ3v) is 3.16. The molecule has 0 aliphatic heterocycles. The fraction of sp³-hybridized carbons (Fsp3) is 0.200. The molecule has 1 aromatic carbocycles. The van der Waals surface area contributed by atoms with E-state index < -0.39 is 5.82 Å². The molecule has 21 heavy (non-hydrogen) atoms. The second-order valence-electron chi connectivity index (χ2n) is 4.51. The van der Waals surface area contributed by atoms with E-state index in [2.05, 4.69) is 10.3 Å². The second kappa shape index (κ2) is 6.20. The SMILES string of the molecule is Cc1ncc(CO)c(CNc2ccc(F)c(C#N)c2)c1O. The molecule has 6 heteroatoms. The number of nitrogens with one attached hydrogen (secondary N) is 1. The van der Waals surface area contributed by atoms with Gasteiger partial charge in [0.05, 0.1) is 17.9 Å². The summed E-state index contributed by atoms with van der Waals surface area (Å²) in [4.78, 5) is 3.97. The number of rotatable bonds is 4. The molecule has 1 aromatic heterocycles. The van der Waals surface area contributed by atoms with E-state index in [0.29, 0.717) is 22.5 Å². The Morgan fingerprint density at radius 2 is 2.19 bits per heavy atom. The van der Waals surface area contributed by atoms with Crippen LogP contribution < -0.4 is 5.32 Å². The minimum Gasteiger partial charge on any atom is -0.506 e. The monoisotopic (exact) mass is 287 g/mol. The maximum atomic E-state index is 13.2. The van der Waals surface area contributed by atoms with Crippen LogP contribution in [0.4, 0.5) is 10.1 Å². The van der Waals surface area contributed by atoms with Gasteiger partial charge in [0.15, 0.2) is 0 Å². The summed E-state index contributed by atoms with van der Waals surface area (Å²) in [6.45, 7) is 1.64. The zero-order valence-electron chi connectivity index (χ0n) is 11.4. The van der Waals surface area contributed by atoms with E-state index >= 15 is 0 Å². The fourth-order valence-corrected chi connectivity index (χ4v) is 1.93. The van der Waals surface area contributed by atoms with Gasteiger partial charge in [0.1, 0.15) is 17.6 Å². The average molecular weight is 287 g/mol. The molecule has 0 aliphatic rings. The highest BCUT2D eigenvalue weighted by atomic mass is 19.1. The predicted octanol–water partition coefficient (Wildman–Crippen LogP) is 2.21. The van der Waals surface area contributed by atoms with Gasteiger partial charge in [-0.05, 0) is 25.1 Å². The molecular weight excluding hydrogens is 273 g/mol. The van der Waals surface area contributed by atoms with Crippen molar-refractivity contribution >= 4 is 5.69 Å². The van der Waals surface area contributed by atoms with Crippen molar-refractivity contribution in [1.29, 1.82) is 5.26 Å². The van der Waals surface area contributed by atoms with Crippen LogP contribution in [0.3, 0.4) is 0 Å². The lowest BCUT2D eigenvalue weighted by Crippen LogP contribution is -2.06. The number of aryl methyl sites for hydroxylation is 1. The zero-order chi connectivity index (χ0) is 15.4. The van der Waals surface area contributed by atoms with Gasteiger partial charge in [-0.15, -0.1) is 0 Å². The van der Waals surface area contributed by atoms with E-state index in [1.54, 1.807) is 13.0 Å². The molecule has 0 saturated carbocycles.